The SMILES string of the molecule is CC(C)c1noc(COc2ccc3ccccc3c2Br)n1. The van der Waals surface area contributed by atoms with Crippen LogP contribution in [0.3, 0.4) is 0 Å². The van der Waals surface area contributed by atoms with E-state index in [2.05, 4.69) is 38.2 Å². The van der Waals surface area contributed by atoms with Crippen molar-refractivity contribution >= 4 is 26.7 Å². The van der Waals surface area contributed by atoms with Crippen LogP contribution in [-0.4, -0.2) is 10.1 Å². The summed E-state index contributed by atoms with van der Waals surface area (Å²) in [6.07, 6.45) is 0. The third-order valence-corrected chi connectivity index (χ3v) is 4.00. The summed E-state index contributed by atoms with van der Waals surface area (Å²) in [5.74, 6) is 2.19. The van der Waals surface area contributed by atoms with E-state index in [1.165, 1.54) is 0 Å². The first-order chi connectivity index (χ1) is 10.1. The van der Waals surface area contributed by atoms with Crippen molar-refractivity contribution in [3.63, 3.8) is 0 Å². The van der Waals surface area contributed by atoms with Crippen LogP contribution in [-0.2, 0) is 6.61 Å². The van der Waals surface area contributed by atoms with Crippen LogP contribution in [0.2, 0.25) is 0 Å². The number of fused-ring (bicyclic) bond motifs is 1. The second-order valence-electron chi connectivity index (χ2n) is 5.09. The standard InChI is InChI=1S/C16H15BrN2O2/c1-10(2)16-18-14(21-19-16)9-20-13-8-7-11-5-3-4-6-12(11)15(13)17/h3-8,10H,9H2,1-2H3. The summed E-state index contributed by atoms with van der Waals surface area (Å²) < 4.78 is 11.9. The Morgan fingerprint density at radius 1 is 1.19 bits per heavy atom. The highest BCUT2D eigenvalue weighted by Crippen LogP contribution is 2.33. The molecule has 0 spiro atoms. The van der Waals surface area contributed by atoms with Crippen LogP contribution in [0.15, 0.2) is 45.4 Å². The van der Waals surface area contributed by atoms with Gasteiger partial charge in [-0.15, -0.1) is 0 Å². The molecule has 4 nitrogen and oxygen atoms in total. The van der Waals surface area contributed by atoms with E-state index in [-0.39, 0.29) is 12.5 Å². The number of benzene rings is 2. The maximum atomic E-state index is 5.78. The maximum Gasteiger partial charge on any atom is 0.264 e. The molecule has 0 atom stereocenters. The van der Waals surface area contributed by atoms with Gasteiger partial charge >= 0.3 is 0 Å². The Labute approximate surface area is 131 Å². The predicted molar refractivity (Wildman–Crippen MR) is 84.4 cm³/mol. The van der Waals surface area contributed by atoms with Gasteiger partial charge in [-0.05, 0) is 32.8 Å². The van der Waals surface area contributed by atoms with Crippen molar-refractivity contribution in [3.05, 3.63) is 52.6 Å². The summed E-state index contributed by atoms with van der Waals surface area (Å²) in [6.45, 7) is 4.31. The van der Waals surface area contributed by atoms with Crippen molar-refractivity contribution in [1.82, 2.24) is 10.1 Å². The van der Waals surface area contributed by atoms with Crippen LogP contribution in [0.5, 0.6) is 5.75 Å². The smallest absolute Gasteiger partial charge is 0.264 e. The number of ether oxygens (including phenoxy) is 1. The van der Waals surface area contributed by atoms with Crippen molar-refractivity contribution in [2.24, 2.45) is 0 Å². The second-order valence-corrected chi connectivity index (χ2v) is 5.88. The summed E-state index contributed by atoms with van der Waals surface area (Å²) in [5.41, 5.74) is 0. The Balaban J connectivity index is 1.80. The van der Waals surface area contributed by atoms with Gasteiger partial charge in [-0.1, -0.05) is 49.3 Å². The van der Waals surface area contributed by atoms with Crippen molar-refractivity contribution < 1.29 is 9.26 Å². The molecule has 5 heteroatoms. The lowest BCUT2D eigenvalue weighted by molar-refractivity contribution is 0.241. The molecule has 2 aromatic carbocycles. The highest BCUT2D eigenvalue weighted by molar-refractivity contribution is 9.10. The molecule has 0 radical (unpaired) electrons. The van der Waals surface area contributed by atoms with Crippen LogP contribution in [0.25, 0.3) is 10.8 Å². The molecule has 108 valence electrons. The number of aromatic nitrogens is 2. The number of rotatable bonds is 4. The van der Waals surface area contributed by atoms with E-state index in [0.29, 0.717) is 11.7 Å². The summed E-state index contributed by atoms with van der Waals surface area (Å²) >= 11 is 3.59. The van der Waals surface area contributed by atoms with Crippen LogP contribution >= 0.6 is 15.9 Å². The lowest BCUT2D eigenvalue weighted by atomic mass is 10.1. The molecule has 0 aliphatic rings. The first-order valence-electron chi connectivity index (χ1n) is 6.77. The van der Waals surface area contributed by atoms with Crippen molar-refractivity contribution in [1.29, 1.82) is 0 Å². The van der Waals surface area contributed by atoms with Gasteiger partial charge in [0, 0.05) is 5.92 Å². The third kappa shape index (κ3) is 2.93. The third-order valence-electron chi connectivity index (χ3n) is 3.18. The maximum absolute atomic E-state index is 5.78. The Kier molecular flexibility index (Phi) is 3.92. The molecule has 1 aromatic heterocycles. The molecule has 0 amide bonds. The number of hydrogen-bond acceptors (Lipinski definition) is 4. The Morgan fingerprint density at radius 3 is 2.76 bits per heavy atom. The summed E-state index contributed by atoms with van der Waals surface area (Å²) in [6, 6.07) is 12.1. The summed E-state index contributed by atoms with van der Waals surface area (Å²) in [5, 5.41) is 6.20. The fraction of sp³-hybridized carbons (Fsp3) is 0.250. The predicted octanol–water partition coefficient (Wildman–Crippen LogP) is 4.69. The van der Waals surface area contributed by atoms with Gasteiger partial charge in [0.2, 0.25) is 0 Å². The van der Waals surface area contributed by atoms with Gasteiger partial charge in [0.15, 0.2) is 12.4 Å². The minimum absolute atomic E-state index is 0.245. The van der Waals surface area contributed by atoms with Crippen molar-refractivity contribution in [2.45, 2.75) is 26.4 Å². The topological polar surface area (TPSA) is 48.2 Å². The number of halogens is 1. The molecular weight excluding hydrogens is 332 g/mol. The molecule has 3 rings (SSSR count). The average molecular weight is 347 g/mol. The highest BCUT2D eigenvalue weighted by Gasteiger charge is 2.11. The molecule has 0 bridgehead atoms. The van der Waals surface area contributed by atoms with E-state index in [4.69, 9.17) is 9.26 Å². The van der Waals surface area contributed by atoms with Gasteiger partial charge in [0.05, 0.1) is 4.47 Å². The molecule has 0 aliphatic heterocycles. The van der Waals surface area contributed by atoms with Gasteiger partial charge < -0.3 is 9.26 Å². The normalized spacial score (nSPS) is 11.2. The molecule has 21 heavy (non-hydrogen) atoms. The molecular formula is C16H15BrN2O2. The van der Waals surface area contributed by atoms with E-state index in [0.717, 1.165) is 21.0 Å². The molecule has 0 saturated heterocycles. The van der Waals surface area contributed by atoms with Crippen LogP contribution in [0.1, 0.15) is 31.5 Å². The van der Waals surface area contributed by atoms with E-state index in [1.807, 2.05) is 38.1 Å². The van der Waals surface area contributed by atoms with Gasteiger partial charge in [-0.25, -0.2) is 0 Å². The zero-order chi connectivity index (χ0) is 14.8. The Hall–Kier alpha value is -1.88. The van der Waals surface area contributed by atoms with Gasteiger partial charge in [-0.3, -0.25) is 0 Å². The molecule has 0 fully saturated rings. The summed E-state index contributed by atoms with van der Waals surface area (Å²) in [4.78, 5) is 4.30. The first-order valence-corrected chi connectivity index (χ1v) is 7.57. The van der Waals surface area contributed by atoms with Crippen LogP contribution in [0.4, 0.5) is 0 Å². The second kappa shape index (κ2) is 5.85. The fourth-order valence-electron chi connectivity index (χ4n) is 2.03. The molecule has 0 unspecified atom stereocenters. The minimum atomic E-state index is 0.245. The number of hydrogen-bond donors (Lipinski definition) is 0. The van der Waals surface area contributed by atoms with Gasteiger partial charge in [0.25, 0.3) is 5.89 Å². The monoisotopic (exact) mass is 346 g/mol. The van der Waals surface area contributed by atoms with Crippen molar-refractivity contribution in [2.75, 3.05) is 0 Å². The van der Waals surface area contributed by atoms with Crippen molar-refractivity contribution in [3.8, 4) is 5.75 Å². The molecule has 0 N–H and O–H groups in total. The quantitative estimate of drug-likeness (QED) is 0.687. The Bertz CT molecular complexity index is 768. The van der Waals surface area contributed by atoms with E-state index in [1.54, 1.807) is 0 Å². The lowest BCUT2D eigenvalue weighted by Crippen LogP contribution is -1.97. The zero-order valence-electron chi connectivity index (χ0n) is 11.8. The van der Waals surface area contributed by atoms with Gasteiger partial charge in [-0.2, -0.15) is 4.98 Å². The lowest BCUT2D eigenvalue weighted by Gasteiger charge is -2.08. The minimum Gasteiger partial charge on any atom is -0.483 e. The van der Waals surface area contributed by atoms with E-state index < -0.39 is 0 Å². The largest absolute Gasteiger partial charge is 0.483 e. The zero-order valence-corrected chi connectivity index (χ0v) is 13.4. The molecule has 3 aromatic rings. The van der Waals surface area contributed by atoms with Crippen LogP contribution < -0.4 is 4.74 Å². The summed E-state index contributed by atoms with van der Waals surface area (Å²) in [7, 11) is 0. The number of nitrogens with zero attached hydrogens (tertiary/aromatic N) is 2. The molecule has 1 heterocycles. The van der Waals surface area contributed by atoms with E-state index >= 15 is 0 Å². The Morgan fingerprint density at radius 2 is 2.00 bits per heavy atom. The highest BCUT2D eigenvalue weighted by atomic mass is 79.9. The average Bonchev–Trinajstić information content (AvgIpc) is 2.96. The van der Waals surface area contributed by atoms with Crippen LogP contribution in [0, 0.1) is 0 Å². The van der Waals surface area contributed by atoms with Gasteiger partial charge in [0.1, 0.15) is 5.75 Å². The molecule has 0 saturated carbocycles. The molecule has 0 aliphatic carbocycles. The van der Waals surface area contributed by atoms with E-state index in [9.17, 15) is 0 Å². The first kappa shape index (κ1) is 14.1. The fourth-order valence-corrected chi connectivity index (χ4v) is 2.63.